The average Bonchev–Trinajstić information content (AvgIpc) is 2.98. The van der Waals surface area contributed by atoms with Crippen molar-refractivity contribution in [1.82, 2.24) is 10.3 Å². The number of rotatable bonds is 4. The van der Waals surface area contributed by atoms with Crippen LogP contribution in [0.5, 0.6) is 0 Å². The summed E-state index contributed by atoms with van der Waals surface area (Å²) in [6.07, 6.45) is 2.84. The highest BCUT2D eigenvalue weighted by atomic mass is 32.2. The number of benzene rings is 1. The van der Waals surface area contributed by atoms with Gasteiger partial charge in [0.05, 0.1) is 4.90 Å². The lowest BCUT2D eigenvalue weighted by molar-refractivity contribution is 0.0950. The van der Waals surface area contributed by atoms with E-state index in [-0.39, 0.29) is 22.9 Å². The Morgan fingerprint density at radius 3 is 2.72 bits per heavy atom. The Labute approximate surface area is 145 Å². The number of pyridine rings is 1. The van der Waals surface area contributed by atoms with Crippen LogP contribution >= 0.6 is 0 Å². The number of carbonyl (C=O) groups excluding carboxylic acids is 1. The van der Waals surface area contributed by atoms with Crippen LogP contribution in [0.4, 0.5) is 0 Å². The molecule has 2 aromatic rings. The van der Waals surface area contributed by atoms with Gasteiger partial charge in [-0.15, -0.1) is 0 Å². The van der Waals surface area contributed by atoms with Gasteiger partial charge in [-0.05, 0) is 61.6 Å². The topological polar surface area (TPSA) is 122 Å². The number of sulfonamides is 1. The molecule has 8 heteroatoms. The molecular formula is C17H19N3O4S. The van der Waals surface area contributed by atoms with Crippen LogP contribution < -0.4 is 16.0 Å². The minimum Gasteiger partial charge on any atom is -0.348 e. The zero-order chi connectivity index (χ0) is 18.2. The highest BCUT2D eigenvalue weighted by Crippen LogP contribution is 2.19. The second-order valence-electron chi connectivity index (χ2n) is 6.19. The van der Waals surface area contributed by atoms with Gasteiger partial charge in [0.2, 0.25) is 10.0 Å². The molecule has 1 aromatic heterocycles. The first-order chi connectivity index (χ1) is 11.8. The van der Waals surface area contributed by atoms with Gasteiger partial charge in [0, 0.05) is 23.4 Å². The molecule has 132 valence electrons. The first kappa shape index (κ1) is 17.4. The Bertz CT molecular complexity index is 1010. The summed E-state index contributed by atoms with van der Waals surface area (Å²) in [7, 11) is -3.82. The molecule has 4 N–H and O–H groups in total. The molecule has 0 aliphatic heterocycles. The molecule has 0 saturated carbocycles. The van der Waals surface area contributed by atoms with Crippen molar-refractivity contribution in [1.29, 1.82) is 0 Å². The van der Waals surface area contributed by atoms with E-state index in [2.05, 4.69) is 10.3 Å². The summed E-state index contributed by atoms with van der Waals surface area (Å²) in [4.78, 5) is 27.2. The molecule has 1 amide bonds. The Morgan fingerprint density at radius 2 is 2.04 bits per heavy atom. The molecule has 1 aromatic carbocycles. The molecule has 1 aliphatic rings. The third-order valence-corrected chi connectivity index (χ3v) is 5.42. The molecular weight excluding hydrogens is 342 g/mol. The van der Waals surface area contributed by atoms with Crippen molar-refractivity contribution in [3.63, 3.8) is 0 Å². The number of nitrogens with one attached hydrogen (secondary N) is 2. The van der Waals surface area contributed by atoms with Crippen molar-refractivity contribution >= 4 is 15.9 Å². The Hall–Kier alpha value is -2.45. The van der Waals surface area contributed by atoms with E-state index in [0.717, 1.165) is 30.5 Å². The maximum atomic E-state index is 12.3. The monoisotopic (exact) mass is 361 g/mol. The van der Waals surface area contributed by atoms with Crippen LogP contribution in [-0.2, 0) is 29.4 Å². The zero-order valence-electron chi connectivity index (χ0n) is 13.8. The Morgan fingerprint density at radius 1 is 1.28 bits per heavy atom. The molecule has 0 spiro atoms. The molecule has 3 rings (SSSR count). The lowest BCUT2D eigenvalue weighted by Crippen LogP contribution is -2.27. The van der Waals surface area contributed by atoms with Gasteiger partial charge in [-0.25, -0.2) is 13.6 Å². The lowest BCUT2D eigenvalue weighted by atomic mass is 10.1. The molecule has 0 unspecified atom stereocenters. The molecule has 0 saturated heterocycles. The van der Waals surface area contributed by atoms with Crippen molar-refractivity contribution in [2.24, 2.45) is 5.14 Å². The molecule has 0 fully saturated rings. The maximum Gasteiger partial charge on any atom is 0.253 e. The molecule has 0 radical (unpaired) electrons. The summed E-state index contributed by atoms with van der Waals surface area (Å²) in [6.45, 7) is 1.68. The van der Waals surface area contributed by atoms with Crippen molar-refractivity contribution in [3.05, 3.63) is 62.6 Å². The number of fused-ring (bicyclic) bond motifs is 1. The fourth-order valence-corrected chi connectivity index (χ4v) is 3.85. The minimum absolute atomic E-state index is 0.0147. The van der Waals surface area contributed by atoms with E-state index in [1.165, 1.54) is 18.2 Å². The van der Waals surface area contributed by atoms with Crippen molar-refractivity contribution < 1.29 is 13.2 Å². The third-order valence-electron chi connectivity index (χ3n) is 4.35. The number of aromatic amines is 1. The number of aromatic nitrogens is 1. The third kappa shape index (κ3) is 3.64. The summed E-state index contributed by atoms with van der Waals surface area (Å²) in [5.74, 6) is -0.385. The zero-order valence-corrected chi connectivity index (χ0v) is 14.6. The fourth-order valence-electron chi connectivity index (χ4n) is 3.08. The number of hydrogen-bond acceptors (Lipinski definition) is 4. The fraction of sp³-hybridized carbons (Fsp3) is 0.294. The Balaban J connectivity index is 1.75. The van der Waals surface area contributed by atoms with Gasteiger partial charge >= 0.3 is 0 Å². The summed E-state index contributed by atoms with van der Waals surface area (Å²) < 4.78 is 22.8. The molecule has 25 heavy (non-hydrogen) atoms. The van der Waals surface area contributed by atoms with Crippen LogP contribution in [0.3, 0.4) is 0 Å². The summed E-state index contributed by atoms with van der Waals surface area (Å²) in [5.41, 5.74) is 3.12. The van der Waals surface area contributed by atoms with Crippen LogP contribution in [0.1, 0.15) is 39.2 Å². The molecule has 0 bridgehead atoms. The van der Waals surface area contributed by atoms with Crippen LogP contribution in [-0.4, -0.2) is 19.3 Å². The SMILES string of the molecule is Cc1cc(C(=O)NCc2cc3c([nH]c2=O)CCC3)ccc1S(N)(=O)=O. The van der Waals surface area contributed by atoms with Gasteiger partial charge in [-0.3, -0.25) is 9.59 Å². The highest BCUT2D eigenvalue weighted by molar-refractivity contribution is 7.89. The van der Waals surface area contributed by atoms with E-state index in [4.69, 9.17) is 5.14 Å². The molecule has 1 heterocycles. The van der Waals surface area contributed by atoms with Gasteiger partial charge in [0.25, 0.3) is 11.5 Å². The van der Waals surface area contributed by atoms with Gasteiger partial charge < -0.3 is 10.3 Å². The van der Waals surface area contributed by atoms with E-state index in [1.807, 2.05) is 6.07 Å². The van der Waals surface area contributed by atoms with Gasteiger partial charge in [-0.1, -0.05) is 0 Å². The predicted molar refractivity (Wildman–Crippen MR) is 92.8 cm³/mol. The number of aryl methyl sites for hydroxylation is 3. The Kier molecular flexibility index (Phi) is 4.49. The predicted octanol–water partition coefficient (Wildman–Crippen LogP) is 0.749. The number of amides is 1. The smallest absolute Gasteiger partial charge is 0.253 e. The van der Waals surface area contributed by atoms with Crippen LogP contribution in [0.2, 0.25) is 0 Å². The summed E-state index contributed by atoms with van der Waals surface area (Å²) >= 11 is 0. The second kappa shape index (κ2) is 6.45. The molecule has 7 nitrogen and oxygen atoms in total. The number of primary sulfonamides is 1. The number of hydrogen-bond donors (Lipinski definition) is 3. The van der Waals surface area contributed by atoms with Gasteiger partial charge in [0.1, 0.15) is 0 Å². The normalized spacial score (nSPS) is 13.5. The molecule has 1 aliphatic carbocycles. The number of carbonyl (C=O) groups is 1. The van der Waals surface area contributed by atoms with E-state index in [0.29, 0.717) is 16.7 Å². The number of nitrogens with two attached hydrogens (primary N) is 1. The number of H-pyrrole nitrogens is 1. The largest absolute Gasteiger partial charge is 0.348 e. The minimum atomic E-state index is -3.82. The van der Waals surface area contributed by atoms with E-state index >= 15 is 0 Å². The van der Waals surface area contributed by atoms with E-state index < -0.39 is 10.0 Å². The lowest BCUT2D eigenvalue weighted by Gasteiger charge is -2.09. The van der Waals surface area contributed by atoms with Crippen LogP contribution in [0, 0.1) is 6.92 Å². The first-order valence-corrected chi connectivity index (χ1v) is 9.46. The highest BCUT2D eigenvalue weighted by Gasteiger charge is 2.16. The van der Waals surface area contributed by atoms with Gasteiger partial charge in [0.15, 0.2) is 0 Å². The van der Waals surface area contributed by atoms with Crippen molar-refractivity contribution in [3.8, 4) is 0 Å². The van der Waals surface area contributed by atoms with Crippen molar-refractivity contribution in [2.45, 2.75) is 37.6 Å². The van der Waals surface area contributed by atoms with Gasteiger partial charge in [-0.2, -0.15) is 0 Å². The standard InChI is InChI=1S/C17H19N3O4S/c1-10-7-12(5-6-15(10)25(18,23)24)16(21)19-9-13-8-11-3-2-4-14(11)20-17(13)22/h5-8H,2-4,9H2,1H3,(H,19,21)(H,20,22)(H2,18,23,24). The first-order valence-electron chi connectivity index (χ1n) is 7.91. The molecule has 0 atom stereocenters. The summed E-state index contributed by atoms with van der Waals surface area (Å²) in [6, 6.07) is 6.01. The second-order valence-corrected chi connectivity index (χ2v) is 7.72. The van der Waals surface area contributed by atoms with E-state index in [9.17, 15) is 18.0 Å². The van der Waals surface area contributed by atoms with Crippen molar-refractivity contribution in [2.75, 3.05) is 0 Å². The van der Waals surface area contributed by atoms with E-state index in [1.54, 1.807) is 6.92 Å². The summed E-state index contributed by atoms with van der Waals surface area (Å²) in [5, 5.41) is 7.81. The average molecular weight is 361 g/mol. The van der Waals surface area contributed by atoms with Crippen LogP contribution in [0.15, 0.2) is 34.0 Å². The maximum absolute atomic E-state index is 12.3. The quantitative estimate of drug-likeness (QED) is 0.744. The van der Waals surface area contributed by atoms with Crippen LogP contribution in [0.25, 0.3) is 0 Å².